The summed E-state index contributed by atoms with van der Waals surface area (Å²) in [7, 11) is -1.65. The Morgan fingerprint density at radius 1 is 1.17 bits per heavy atom. The molecule has 0 aliphatic carbocycles. The smallest absolute Gasteiger partial charge is 0.340 e. The summed E-state index contributed by atoms with van der Waals surface area (Å²) in [4.78, 5) is 13.6. The van der Waals surface area contributed by atoms with Gasteiger partial charge in [0.25, 0.3) is 0 Å². The van der Waals surface area contributed by atoms with E-state index in [9.17, 15) is 9.90 Å². The lowest BCUT2D eigenvalue weighted by Crippen LogP contribution is -2.49. The Kier molecular flexibility index (Phi) is 7.09. The largest absolute Gasteiger partial charge is 0.431 e. The van der Waals surface area contributed by atoms with Crippen molar-refractivity contribution in [3.63, 3.8) is 0 Å². The number of aliphatic hydroxyl groups is 1. The number of hydrogen-bond donors (Lipinski definition) is 1. The number of thioether (sulfide) groups is 1. The molecule has 0 radical (unpaired) electrons. The first kappa shape index (κ1) is 22.6. The fourth-order valence-electron chi connectivity index (χ4n) is 2.95. The van der Waals surface area contributed by atoms with E-state index >= 15 is 0 Å². The average Bonchev–Trinajstić information content (AvgIpc) is 2.71. The van der Waals surface area contributed by atoms with Gasteiger partial charge in [-0.3, -0.25) is 0 Å². The van der Waals surface area contributed by atoms with Crippen LogP contribution in [0.5, 0.6) is 0 Å². The Morgan fingerprint density at radius 2 is 1.83 bits per heavy atom. The molecule has 3 rings (SSSR count). The zero-order valence-electron chi connectivity index (χ0n) is 17.8. The first-order chi connectivity index (χ1) is 14.1. The van der Waals surface area contributed by atoms with Gasteiger partial charge in [-0.2, -0.15) is 0 Å². The van der Waals surface area contributed by atoms with Crippen LogP contribution in [-0.2, 0) is 9.47 Å². The molecule has 1 aliphatic rings. The molecule has 4 nitrogen and oxygen atoms in total. The van der Waals surface area contributed by atoms with Crippen LogP contribution in [0.2, 0.25) is 19.6 Å². The molecule has 2 aromatic carbocycles. The van der Waals surface area contributed by atoms with Crippen molar-refractivity contribution in [2.45, 2.75) is 55.0 Å². The average molecular weight is 441 g/mol. The Bertz CT molecular complexity index is 928. The van der Waals surface area contributed by atoms with E-state index in [-0.39, 0.29) is 11.9 Å². The molecule has 158 valence electrons. The third kappa shape index (κ3) is 6.48. The van der Waals surface area contributed by atoms with Gasteiger partial charge in [0.15, 0.2) is 0 Å². The molecular weight excluding hydrogens is 412 g/mol. The highest BCUT2D eigenvalue weighted by Gasteiger charge is 2.42. The molecule has 0 bridgehead atoms. The summed E-state index contributed by atoms with van der Waals surface area (Å²) in [6.45, 7) is 8.46. The summed E-state index contributed by atoms with van der Waals surface area (Å²) in [5.41, 5.74) is 3.64. The Morgan fingerprint density at radius 3 is 2.47 bits per heavy atom. The van der Waals surface area contributed by atoms with Gasteiger partial charge in [-0.05, 0) is 31.2 Å². The van der Waals surface area contributed by atoms with Crippen molar-refractivity contribution in [3.8, 4) is 11.5 Å². The topological polar surface area (TPSA) is 55.8 Å². The summed E-state index contributed by atoms with van der Waals surface area (Å²) in [5, 5.41) is 10.8. The normalized spacial score (nSPS) is 23.9. The van der Waals surface area contributed by atoms with Gasteiger partial charge >= 0.3 is 5.97 Å². The minimum Gasteiger partial charge on any atom is -0.431 e. The lowest BCUT2D eigenvalue weighted by Gasteiger charge is -2.38. The van der Waals surface area contributed by atoms with Crippen LogP contribution in [0.15, 0.2) is 59.5 Å². The van der Waals surface area contributed by atoms with Crippen molar-refractivity contribution in [3.05, 3.63) is 65.7 Å². The Hall–Kier alpha value is -2.04. The fourth-order valence-corrected chi connectivity index (χ4v) is 4.81. The zero-order valence-corrected chi connectivity index (χ0v) is 19.7. The van der Waals surface area contributed by atoms with Crippen LogP contribution >= 0.6 is 11.8 Å². The SMILES string of the molecule is Cc1ccc(S[C@@H]2C[C@@](O)(C#C[Si](C)(C)C)COC2OC(=O)c2ccccc2)cc1. The number of esters is 1. The monoisotopic (exact) mass is 440 g/mol. The van der Waals surface area contributed by atoms with Crippen molar-refractivity contribution in [2.75, 3.05) is 6.61 Å². The third-order valence-electron chi connectivity index (χ3n) is 4.54. The molecule has 1 fully saturated rings. The van der Waals surface area contributed by atoms with Crippen molar-refractivity contribution >= 4 is 25.8 Å². The summed E-state index contributed by atoms with van der Waals surface area (Å²) in [6.07, 6.45) is -0.409. The maximum atomic E-state index is 12.6. The number of rotatable bonds is 4. The van der Waals surface area contributed by atoms with Crippen LogP contribution < -0.4 is 0 Å². The van der Waals surface area contributed by atoms with Crippen LogP contribution in [0.3, 0.4) is 0 Å². The minimum absolute atomic E-state index is 0.0160. The van der Waals surface area contributed by atoms with Crippen molar-refractivity contribution in [1.29, 1.82) is 0 Å². The highest BCUT2D eigenvalue weighted by Crippen LogP contribution is 2.37. The molecule has 1 N–H and O–H groups in total. The number of aryl methyl sites for hydroxylation is 1. The van der Waals surface area contributed by atoms with Gasteiger partial charge < -0.3 is 14.6 Å². The van der Waals surface area contributed by atoms with Crippen molar-refractivity contribution in [2.24, 2.45) is 0 Å². The van der Waals surface area contributed by atoms with Crippen LogP contribution in [0, 0.1) is 18.4 Å². The number of benzene rings is 2. The van der Waals surface area contributed by atoms with Gasteiger partial charge in [0.1, 0.15) is 13.7 Å². The summed E-state index contributed by atoms with van der Waals surface area (Å²) in [6, 6.07) is 17.0. The lowest BCUT2D eigenvalue weighted by molar-refractivity contribution is -0.172. The van der Waals surface area contributed by atoms with Crippen molar-refractivity contribution in [1.82, 2.24) is 0 Å². The first-order valence-electron chi connectivity index (χ1n) is 10.0. The van der Waals surface area contributed by atoms with Crippen LogP contribution in [0.25, 0.3) is 0 Å². The number of carbonyl (C=O) groups is 1. The molecule has 0 aromatic heterocycles. The molecule has 1 heterocycles. The second-order valence-electron chi connectivity index (χ2n) is 8.66. The molecular formula is C24H28O4SSi. The third-order valence-corrected chi connectivity index (χ3v) is 6.65. The molecule has 1 aliphatic heterocycles. The fraction of sp³-hybridized carbons (Fsp3) is 0.375. The molecule has 0 amide bonds. The molecule has 1 unspecified atom stereocenters. The van der Waals surface area contributed by atoms with E-state index in [1.807, 2.05) is 37.3 Å². The second-order valence-corrected chi connectivity index (χ2v) is 14.7. The van der Waals surface area contributed by atoms with E-state index in [4.69, 9.17) is 9.47 Å². The van der Waals surface area contributed by atoms with Gasteiger partial charge in [-0.25, -0.2) is 4.79 Å². The van der Waals surface area contributed by atoms with Gasteiger partial charge in [0.2, 0.25) is 6.29 Å². The van der Waals surface area contributed by atoms with Gasteiger partial charge in [-0.1, -0.05) is 61.5 Å². The summed E-state index contributed by atoms with van der Waals surface area (Å²) >= 11 is 1.54. The van der Waals surface area contributed by atoms with Gasteiger partial charge in [-0.15, -0.1) is 17.3 Å². The molecule has 2 aromatic rings. The quantitative estimate of drug-likeness (QED) is 0.425. The predicted molar refractivity (Wildman–Crippen MR) is 123 cm³/mol. The maximum absolute atomic E-state index is 12.6. The highest BCUT2D eigenvalue weighted by atomic mass is 32.2. The number of carbonyl (C=O) groups excluding carboxylic acids is 1. The maximum Gasteiger partial charge on any atom is 0.340 e. The van der Waals surface area contributed by atoms with Crippen LogP contribution in [0.1, 0.15) is 22.3 Å². The Labute approximate surface area is 184 Å². The van der Waals surface area contributed by atoms with Gasteiger partial charge in [0, 0.05) is 11.3 Å². The zero-order chi connectivity index (χ0) is 21.8. The van der Waals surface area contributed by atoms with E-state index in [1.54, 1.807) is 24.3 Å². The first-order valence-corrected chi connectivity index (χ1v) is 14.4. The lowest BCUT2D eigenvalue weighted by atomic mass is 9.97. The van der Waals surface area contributed by atoms with E-state index < -0.39 is 25.9 Å². The summed E-state index contributed by atoms with van der Waals surface area (Å²) in [5.74, 6) is 2.62. The van der Waals surface area contributed by atoms with Gasteiger partial charge in [0.05, 0.1) is 17.4 Å². The molecule has 0 spiro atoms. The standard InChI is InChI=1S/C24H28O4SSi/c1-18-10-12-20(13-11-18)29-21-16-24(26,14-15-30(2,3)4)17-27-23(21)28-22(25)19-8-6-5-7-9-19/h5-13,21,23,26H,16-17H2,1-4H3/t21-,23?,24+/m1/s1. The molecule has 3 atom stereocenters. The van der Waals surface area contributed by atoms with E-state index in [2.05, 4.69) is 31.1 Å². The second kappa shape index (κ2) is 9.40. The summed E-state index contributed by atoms with van der Waals surface area (Å²) < 4.78 is 11.6. The molecule has 30 heavy (non-hydrogen) atoms. The molecule has 1 saturated heterocycles. The van der Waals surface area contributed by atoms with Crippen molar-refractivity contribution < 1.29 is 19.4 Å². The molecule has 6 heteroatoms. The van der Waals surface area contributed by atoms with E-state index in [1.165, 1.54) is 17.3 Å². The molecule has 0 saturated carbocycles. The van der Waals surface area contributed by atoms with Crippen LogP contribution in [0.4, 0.5) is 0 Å². The predicted octanol–water partition coefficient (Wildman–Crippen LogP) is 4.67. The highest BCUT2D eigenvalue weighted by molar-refractivity contribution is 8.00. The minimum atomic E-state index is -1.65. The number of ether oxygens (including phenoxy) is 2. The van der Waals surface area contributed by atoms with E-state index in [0.717, 1.165) is 4.90 Å². The number of hydrogen-bond acceptors (Lipinski definition) is 5. The van der Waals surface area contributed by atoms with E-state index in [0.29, 0.717) is 12.0 Å². The van der Waals surface area contributed by atoms with Crippen LogP contribution in [-0.4, -0.2) is 42.9 Å². The Balaban J connectivity index is 1.80.